The fourth-order valence-electron chi connectivity index (χ4n) is 2.57. The van der Waals surface area contributed by atoms with Crippen LogP contribution in [-0.2, 0) is 4.79 Å². The summed E-state index contributed by atoms with van der Waals surface area (Å²) in [5.74, 6) is 1.63. The molecule has 1 amide bonds. The summed E-state index contributed by atoms with van der Waals surface area (Å²) in [6.07, 6.45) is 3.31. The molecule has 1 aromatic rings. The largest absolute Gasteiger partial charge is 0.493 e. The number of hydrogen-bond donors (Lipinski definition) is 2. The molecule has 1 aliphatic rings. The van der Waals surface area contributed by atoms with Crippen molar-refractivity contribution in [2.24, 2.45) is 11.7 Å². The second-order valence-corrected chi connectivity index (χ2v) is 6.12. The molecule has 0 heterocycles. The first-order chi connectivity index (χ1) is 11.5. The molecule has 1 aromatic carbocycles. The lowest BCUT2D eigenvalue weighted by Crippen LogP contribution is -2.41. The third-order valence-electron chi connectivity index (χ3n) is 4.17. The standard InChI is InChI=1S/C18H26N2O4/c1-12(21)14-7-8-16(17(10-14)23-2)24-9-3-4-18(22)20-15(11-19)13-5-6-13/h7-8,10,13,15H,3-6,9,11,19H2,1-2H3,(H,20,22). The molecule has 6 nitrogen and oxygen atoms in total. The van der Waals surface area contributed by atoms with Crippen molar-refractivity contribution < 1.29 is 19.1 Å². The summed E-state index contributed by atoms with van der Waals surface area (Å²) in [4.78, 5) is 23.3. The van der Waals surface area contributed by atoms with Crippen LogP contribution in [0.25, 0.3) is 0 Å². The fourth-order valence-corrected chi connectivity index (χ4v) is 2.57. The Morgan fingerprint density at radius 2 is 2.08 bits per heavy atom. The highest BCUT2D eigenvalue weighted by atomic mass is 16.5. The van der Waals surface area contributed by atoms with Crippen LogP contribution in [0.1, 0.15) is 43.0 Å². The maximum Gasteiger partial charge on any atom is 0.220 e. The minimum atomic E-state index is -0.0263. The van der Waals surface area contributed by atoms with E-state index < -0.39 is 0 Å². The van der Waals surface area contributed by atoms with Crippen LogP contribution >= 0.6 is 0 Å². The molecule has 1 aliphatic carbocycles. The maximum absolute atomic E-state index is 11.9. The third-order valence-corrected chi connectivity index (χ3v) is 4.17. The molecule has 2 rings (SSSR count). The summed E-state index contributed by atoms with van der Waals surface area (Å²) in [6.45, 7) is 2.40. The number of nitrogens with one attached hydrogen (secondary N) is 1. The predicted octanol–water partition coefficient (Wildman–Crippen LogP) is 1.91. The molecule has 1 atom stereocenters. The Labute approximate surface area is 142 Å². The number of carbonyl (C=O) groups is 2. The van der Waals surface area contributed by atoms with Gasteiger partial charge in [-0.1, -0.05) is 0 Å². The minimum absolute atomic E-state index is 0.0137. The Balaban J connectivity index is 1.75. The molecule has 0 aromatic heterocycles. The van der Waals surface area contributed by atoms with E-state index in [4.69, 9.17) is 15.2 Å². The molecule has 0 radical (unpaired) electrons. The van der Waals surface area contributed by atoms with E-state index in [2.05, 4.69) is 5.32 Å². The number of ketones is 1. The summed E-state index contributed by atoms with van der Waals surface area (Å²) in [6, 6.07) is 5.19. The number of amides is 1. The number of hydrogen-bond acceptors (Lipinski definition) is 5. The molecule has 24 heavy (non-hydrogen) atoms. The van der Waals surface area contributed by atoms with E-state index in [1.807, 2.05) is 0 Å². The number of nitrogens with two attached hydrogens (primary N) is 1. The number of carbonyl (C=O) groups excluding carboxylic acids is 2. The number of ether oxygens (including phenoxy) is 2. The average molecular weight is 334 g/mol. The van der Waals surface area contributed by atoms with Crippen LogP contribution in [0.3, 0.4) is 0 Å². The lowest BCUT2D eigenvalue weighted by Gasteiger charge is -2.16. The maximum atomic E-state index is 11.9. The Morgan fingerprint density at radius 3 is 2.67 bits per heavy atom. The molecular formula is C18H26N2O4. The summed E-state index contributed by atoms with van der Waals surface area (Å²) < 4.78 is 10.9. The first-order valence-electron chi connectivity index (χ1n) is 8.36. The van der Waals surface area contributed by atoms with Crippen molar-refractivity contribution in [3.8, 4) is 11.5 Å². The molecule has 132 valence electrons. The molecule has 3 N–H and O–H groups in total. The summed E-state index contributed by atoms with van der Waals surface area (Å²) >= 11 is 0. The highest BCUT2D eigenvalue weighted by Gasteiger charge is 2.30. The van der Waals surface area contributed by atoms with Crippen LogP contribution in [-0.4, -0.2) is 38.0 Å². The van der Waals surface area contributed by atoms with Crippen LogP contribution in [0.4, 0.5) is 0 Å². The van der Waals surface area contributed by atoms with Gasteiger partial charge in [0.2, 0.25) is 5.91 Å². The van der Waals surface area contributed by atoms with Crippen molar-refractivity contribution in [1.82, 2.24) is 5.32 Å². The van der Waals surface area contributed by atoms with Gasteiger partial charge in [-0.15, -0.1) is 0 Å². The van der Waals surface area contributed by atoms with Crippen LogP contribution in [0, 0.1) is 5.92 Å². The van der Waals surface area contributed by atoms with E-state index in [-0.39, 0.29) is 17.7 Å². The highest BCUT2D eigenvalue weighted by Crippen LogP contribution is 2.32. The van der Waals surface area contributed by atoms with Crippen molar-refractivity contribution in [2.75, 3.05) is 20.3 Å². The van der Waals surface area contributed by atoms with Gasteiger partial charge < -0.3 is 20.5 Å². The zero-order chi connectivity index (χ0) is 17.5. The van der Waals surface area contributed by atoms with Gasteiger partial charge in [0.25, 0.3) is 0 Å². The van der Waals surface area contributed by atoms with Gasteiger partial charge in [-0.05, 0) is 50.3 Å². The Morgan fingerprint density at radius 1 is 1.33 bits per heavy atom. The van der Waals surface area contributed by atoms with Gasteiger partial charge in [0, 0.05) is 24.6 Å². The quantitative estimate of drug-likeness (QED) is 0.504. The van der Waals surface area contributed by atoms with Crippen molar-refractivity contribution >= 4 is 11.7 Å². The lowest BCUT2D eigenvalue weighted by atomic mass is 10.1. The molecule has 6 heteroatoms. The van der Waals surface area contributed by atoms with Crippen LogP contribution < -0.4 is 20.5 Å². The Bertz CT molecular complexity index is 584. The van der Waals surface area contributed by atoms with E-state index in [1.165, 1.54) is 14.0 Å². The Hall–Kier alpha value is -2.08. The van der Waals surface area contributed by atoms with Crippen molar-refractivity contribution in [3.63, 3.8) is 0 Å². The van der Waals surface area contributed by atoms with Gasteiger partial charge >= 0.3 is 0 Å². The molecule has 0 saturated heterocycles. The first kappa shape index (κ1) is 18.3. The summed E-state index contributed by atoms with van der Waals surface area (Å²) in [7, 11) is 1.53. The van der Waals surface area contributed by atoms with Crippen LogP contribution in [0.15, 0.2) is 18.2 Å². The first-order valence-corrected chi connectivity index (χ1v) is 8.36. The topological polar surface area (TPSA) is 90.6 Å². The number of rotatable bonds is 10. The zero-order valence-corrected chi connectivity index (χ0v) is 14.3. The molecule has 0 bridgehead atoms. The van der Waals surface area contributed by atoms with Gasteiger partial charge in [0.1, 0.15) is 0 Å². The number of benzene rings is 1. The summed E-state index contributed by atoms with van der Waals surface area (Å²) in [5, 5.41) is 2.99. The molecule has 1 fully saturated rings. The molecule has 1 unspecified atom stereocenters. The van der Waals surface area contributed by atoms with Crippen LogP contribution in [0.2, 0.25) is 0 Å². The van der Waals surface area contributed by atoms with Gasteiger partial charge in [0.05, 0.1) is 13.7 Å². The van der Waals surface area contributed by atoms with E-state index in [0.717, 1.165) is 12.8 Å². The number of Topliss-reactive ketones (excluding diaryl/α,β-unsaturated/α-hetero) is 1. The van der Waals surface area contributed by atoms with Gasteiger partial charge in [-0.25, -0.2) is 0 Å². The molecule has 0 spiro atoms. The Kier molecular flexibility index (Phi) is 6.61. The second-order valence-electron chi connectivity index (χ2n) is 6.12. The van der Waals surface area contributed by atoms with Crippen molar-refractivity contribution in [3.05, 3.63) is 23.8 Å². The van der Waals surface area contributed by atoms with Gasteiger partial charge in [0.15, 0.2) is 17.3 Å². The fraction of sp³-hybridized carbons (Fsp3) is 0.556. The van der Waals surface area contributed by atoms with E-state index >= 15 is 0 Å². The third kappa shape index (κ3) is 5.23. The van der Waals surface area contributed by atoms with E-state index in [0.29, 0.717) is 49.0 Å². The molecule has 1 saturated carbocycles. The monoisotopic (exact) mass is 334 g/mol. The van der Waals surface area contributed by atoms with Crippen LogP contribution in [0.5, 0.6) is 11.5 Å². The predicted molar refractivity (Wildman–Crippen MR) is 91.4 cm³/mol. The average Bonchev–Trinajstić information content (AvgIpc) is 3.41. The van der Waals surface area contributed by atoms with Crippen molar-refractivity contribution in [2.45, 2.75) is 38.6 Å². The van der Waals surface area contributed by atoms with E-state index in [1.54, 1.807) is 18.2 Å². The van der Waals surface area contributed by atoms with Crippen molar-refractivity contribution in [1.29, 1.82) is 0 Å². The number of methoxy groups -OCH3 is 1. The molecular weight excluding hydrogens is 308 g/mol. The minimum Gasteiger partial charge on any atom is -0.493 e. The van der Waals surface area contributed by atoms with E-state index in [9.17, 15) is 9.59 Å². The normalized spacial score (nSPS) is 14.8. The zero-order valence-electron chi connectivity index (χ0n) is 14.3. The van der Waals surface area contributed by atoms with Gasteiger partial charge in [-0.2, -0.15) is 0 Å². The summed E-state index contributed by atoms with van der Waals surface area (Å²) in [5.41, 5.74) is 6.26. The molecule has 0 aliphatic heterocycles. The van der Waals surface area contributed by atoms with Gasteiger partial charge in [-0.3, -0.25) is 9.59 Å². The lowest BCUT2D eigenvalue weighted by molar-refractivity contribution is -0.122. The smallest absolute Gasteiger partial charge is 0.220 e. The highest BCUT2D eigenvalue weighted by molar-refractivity contribution is 5.94. The second kappa shape index (κ2) is 8.68. The SMILES string of the molecule is COc1cc(C(C)=O)ccc1OCCCC(=O)NC(CN)C1CC1.